The molecule has 0 unspecified atom stereocenters. The summed E-state index contributed by atoms with van der Waals surface area (Å²) in [6.07, 6.45) is 4.70. The summed E-state index contributed by atoms with van der Waals surface area (Å²) in [6, 6.07) is 1.97. The molecule has 1 N–H and O–H groups in total. The fourth-order valence-corrected chi connectivity index (χ4v) is 3.42. The summed E-state index contributed by atoms with van der Waals surface area (Å²) in [5.41, 5.74) is 0. The minimum absolute atomic E-state index is 0.770. The van der Waals surface area contributed by atoms with Crippen molar-refractivity contribution >= 4 is 17.6 Å². The van der Waals surface area contributed by atoms with E-state index in [0.717, 1.165) is 47.2 Å². The molecule has 0 aromatic carbocycles. The van der Waals surface area contributed by atoms with E-state index in [-0.39, 0.29) is 0 Å². The van der Waals surface area contributed by atoms with Crippen molar-refractivity contribution in [3.8, 4) is 0 Å². The molecule has 7 heteroatoms. The van der Waals surface area contributed by atoms with E-state index in [9.17, 15) is 0 Å². The van der Waals surface area contributed by atoms with Gasteiger partial charge in [0.05, 0.1) is 0 Å². The zero-order valence-corrected chi connectivity index (χ0v) is 13.3. The van der Waals surface area contributed by atoms with Crippen LogP contribution < -0.4 is 5.32 Å². The number of hydrogen-bond acceptors (Lipinski definition) is 6. The Hall–Kier alpha value is -1.63. The van der Waals surface area contributed by atoms with E-state index < -0.39 is 0 Å². The molecule has 0 spiro atoms. The Balaban J connectivity index is 1.85. The molecular weight excluding hydrogens is 284 g/mol. The Bertz CT molecular complexity index is 624. The van der Waals surface area contributed by atoms with E-state index >= 15 is 0 Å². The summed E-state index contributed by atoms with van der Waals surface area (Å²) in [5, 5.41) is 13.7. The fourth-order valence-electron chi connectivity index (χ4n) is 2.49. The van der Waals surface area contributed by atoms with Crippen LogP contribution in [0.3, 0.4) is 0 Å². The zero-order chi connectivity index (χ0) is 14.7. The van der Waals surface area contributed by atoms with Crippen LogP contribution in [0.5, 0.6) is 0 Å². The third kappa shape index (κ3) is 3.34. The van der Waals surface area contributed by atoms with Gasteiger partial charge in [0.25, 0.3) is 0 Å². The Morgan fingerprint density at radius 3 is 3.00 bits per heavy atom. The molecule has 2 aromatic heterocycles. The number of hydrogen-bond donors (Lipinski definition) is 1. The van der Waals surface area contributed by atoms with Crippen molar-refractivity contribution in [3.05, 3.63) is 17.7 Å². The summed E-state index contributed by atoms with van der Waals surface area (Å²) in [6.45, 7) is 5.83. The lowest BCUT2D eigenvalue weighted by Gasteiger charge is -2.08. The lowest BCUT2D eigenvalue weighted by Crippen LogP contribution is -2.04. The molecular formula is C14H20N6S. The lowest BCUT2D eigenvalue weighted by atomic mass is 10.2. The molecule has 0 radical (unpaired) electrons. The first-order valence-electron chi connectivity index (χ1n) is 7.45. The molecule has 112 valence electrons. The highest BCUT2D eigenvalue weighted by molar-refractivity contribution is 7.99. The van der Waals surface area contributed by atoms with Gasteiger partial charge in [-0.05, 0) is 38.5 Å². The molecule has 1 aliphatic rings. The predicted octanol–water partition coefficient (Wildman–Crippen LogP) is 2.69. The van der Waals surface area contributed by atoms with Gasteiger partial charge in [-0.3, -0.25) is 0 Å². The normalized spacial score (nSPS) is 14.6. The van der Waals surface area contributed by atoms with Crippen LogP contribution in [0.15, 0.2) is 16.2 Å². The van der Waals surface area contributed by atoms with Crippen molar-refractivity contribution in [2.24, 2.45) is 0 Å². The summed E-state index contributed by atoms with van der Waals surface area (Å²) >= 11 is 1.57. The summed E-state index contributed by atoms with van der Waals surface area (Å²) in [4.78, 5) is 8.87. The van der Waals surface area contributed by atoms with Gasteiger partial charge in [0.2, 0.25) is 0 Å². The monoisotopic (exact) mass is 304 g/mol. The first-order valence-corrected chi connectivity index (χ1v) is 8.27. The van der Waals surface area contributed by atoms with Gasteiger partial charge in [0, 0.05) is 25.6 Å². The second kappa shape index (κ2) is 6.43. The molecule has 2 aromatic rings. The number of nitrogens with one attached hydrogen (secondary N) is 1. The smallest absolute Gasteiger partial charge is 0.197 e. The van der Waals surface area contributed by atoms with Gasteiger partial charge in [-0.25, -0.2) is 9.97 Å². The minimum Gasteiger partial charge on any atom is -0.370 e. The lowest BCUT2D eigenvalue weighted by molar-refractivity contribution is 0.590. The van der Waals surface area contributed by atoms with Gasteiger partial charge in [0.15, 0.2) is 5.16 Å². The Morgan fingerprint density at radius 2 is 2.14 bits per heavy atom. The van der Waals surface area contributed by atoms with Gasteiger partial charge in [-0.2, -0.15) is 0 Å². The highest BCUT2D eigenvalue weighted by atomic mass is 32.2. The molecule has 0 atom stereocenters. The maximum absolute atomic E-state index is 4.49. The molecule has 0 saturated heterocycles. The van der Waals surface area contributed by atoms with Crippen LogP contribution in [0.2, 0.25) is 0 Å². The van der Waals surface area contributed by atoms with Crippen LogP contribution in [-0.2, 0) is 13.0 Å². The minimum atomic E-state index is 0.770. The number of aryl methyl sites for hydroxylation is 2. The van der Waals surface area contributed by atoms with E-state index in [4.69, 9.17) is 0 Å². The molecule has 21 heavy (non-hydrogen) atoms. The quantitative estimate of drug-likeness (QED) is 0.876. The topological polar surface area (TPSA) is 68.5 Å². The standard InChI is InChI=1S/C14H20N6S/c1-3-15-11-9-13(17-10(2)16-11)21-14-19-18-12-7-5-4-6-8-20(12)14/h9H,3-8H2,1-2H3,(H,15,16,17). The van der Waals surface area contributed by atoms with Crippen molar-refractivity contribution in [2.75, 3.05) is 11.9 Å². The van der Waals surface area contributed by atoms with Crippen molar-refractivity contribution in [2.45, 2.75) is 56.3 Å². The van der Waals surface area contributed by atoms with Gasteiger partial charge >= 0.3 is 0 Å². The third-order valence-corrected chi connectivity index (χ3v) is 4.35. The highest BCUT2D eigenvalue weighted by Gasteiger charge is 2.16. The average Bonchev–Trinajstić information content (AvgIpc) is 2.68. The molecule has 3 heterocycles. The largest absolute Gasteiger partial charge is 0.370 e. The second-order valence-electron chi connectivity index (χ2n) is 5.13. The van der Waals surface area contributed by atoms with Gasteiger partial charge < -0.3 is 9.88 Å². The van der Waals surface area contributed by atoms with Crippen molar-refractivity contribution in [3.63, 3.8) is 0 Å². The second-order valence-corrected chi connectivity index (χ2v) is 6.12. The van der Waals surface area contributed by atoms with Crippen LogP contribution in [0.4, 0.5) is 5.82 Å². The number of aromatic nitrogens is 5. The van der Waals surface area contributed by atoms with E-state index in [0.29, 0.717) is 0 Å². The number of anilines is 1. The SMILES string of the molecule is CCNc1cc(Sc2nnc3n2CCCCC3)nc(C)n1. The summed E-state index contributed by atoms with van der Waals surface area (Å²) < 4.78 is 2.24. The molecule has 1 aliphatic heterocycles. The maximum Gasteiger partial charge on any atom is 0.197 e. The molecule has 0 saturated carbocycles. The number of rotatable bonds is 4. The van der Waals surface area contributed by atoms with Crippen LogP contribution >= 0.6 is 11.8 Å². The van der Waals surface area contributed by atoms with Crippen molar-refractivity contribution < 1.29 is 0 Å². The van der Waals surface area contributed by atoms with E-state index in [1.807, 2.05) is 13.0 Å². The Kier molecular flexibility index (Phi) is 4.38. The summed E-state index contributed by atoms with van der Waals surface area (Å²) in [7, 11) is 0. The molecule has 3 rings (SSSR count). The Labute approximate surface area is 128 Å². The van der Waals surface area contributed by atoms with E-state index in [1.165, 1.54) is 19.3 Å². The van der Waals surface area contributed by atoms with Crippen LogP contribution in [-0.4, -0.2) is 31.3 Å². The number of nitrogens with zero attached hydrogens (tertiary/aromatic N) is 5. The summed E-state index contributed by atoms with van der Waals surface area (Å²) in [5.74, 6) is 2.74. The van der Waals surface area contributed by atoms with Crippen LogP contribution in [0, 0.1) is 6.92 Å². The van der Waals surface area contributed by atoms with Crippen LogP contribution in [0.1, 0.15) is 37.8 Å². The van der Waals surface area contributed by atoms with Crippen molar-refractivity contribution in [1.82, 2.24) is 24.7 Å². The van der Waals surface area contributed by atoms with Crippen LogP contribution in [0.25, 0.3) is 0 Å². The van der Waals surface area contributed by atoms with E-state index in [1.54, 1.807) is 11.8 Å². The number of fused-ring (bicyclic) bond motifs is 1. The molecule has 0 fully saturated rings. The van der Waals surface area contributed by atoms with Gasteiger partial charge in [-0.15, -0.1) is 10.2 Å². The maximum atomic E-state index is 4.49. The van der Waals surface area contributed by atoms with Gasteiger partial charge in [-0.1, -0.05) is 6.42 Å². The highest BCUT2D eigenvalue weighted by Crippen LogP contribution is 2.28. The molecule has 6 nitrogen and oxygen atoms in total. The molecule has 0 aliphatic carbocycles. The van der Waals surface area contributed by atoms with E-state index in [2.05, 4.69) is 37.0 Å². The first-order chi connectivity index (χ1) is 10.3. The average molecular weight is 304 g/mol. The van der Waals surface area contributed by atoms with Crippen molar-refractivity contribution in [1.29, 1.82) is 0 Å². The first kappa shape index (κ1) is 14.3. The third-order valence-electron chi connectivity index (χ3n) is 3.44. The predicted molar refractivity (Wildman–Crippen MR) is 82.6 cm³/mol. The molecule has 0 bridgehead atoms. The van der Waals surface area contributed by atoms with Gasteiger partial charge in [0.1, 0.15) is 22.5 Å². The Morgan fingerprint density at radius 1 is 1.24 bits per heavy atom. The zero-order valence-electron chi connectivity index (χ0n) is 12.5. The fraction of sp³-hybridized carbons (Fsp3) is 0.571. The molecule has 0 amide bonds.